The number of carboxylic acid groups (broad SMARTS) is 1. The first-order chi connectivity index (χ1) is 13.3. The van der Waals surface area contributed by atoms with Gasteiger partial charge in [0.1, 0.15) is 17.6 Å². The zero-order valence-electron chi connectivity index (χ0n) is 16.9. The minimum atomic E-state index is -1.10. The number of benzene rings is 1. The summed E-state index contributed by atoms with van der Waals surface area (Å²) in [7, 11) is 0. The van der Waals surface area contributed by atoms with Crippen molar-refractivity contribution < 1.29 is 24.3 Å². The number of fused-ring (bicyclic) bond motifs is 1. The summed E-state index contributed by atoms with van der Waals surface area (Å²) in [6, 6.07) is 7.89. The molecule has 0 saturated carbocycles. The van der Waals surface area contributed by atoms with Gasteiger partial charge in [0.2, 0.25) is 5.91 Å². The Morgan fingerprint density at radius 1 is 1.21 bits per heavy atom. The number of aliphatic hydroxyl groups excluding tert-OH is 1. The number of aliphatic hydroxyl groups is 1. The monoisotopic (exact) mass is 405 g/mol. The first kappa shape index (κ1) is 20.9. The summed E-state index contributed by atoms with van der Waals surface area (Å²) in [6.07, 6.45) is -0.796. The molecule has 0 aromatic heterocycles. The third-order valence-electron chi connectivity index (χ3n) is 6.28. The van der Waals surface area contributed by atoms with Crippen molar-refractivity contribution >= 4 is 28.5 Å². The van der Waals surface area contributed by atoms with Crippen molar-refractivity contribution in [1.29, 1.82) is 0 Å². The lowest BCUT2D eigenvalue weighted by Crippen LogP contribution is -2.60. The molecule has 0 unspecified atom stereocenters. The number of aliphatic carboxylic acids is 1. The van der Waals surface area contributed by atoms with E-state index in [2.05, 4.69) is 26.8 Å². The third-order valence-corrected chi connectivity index (χ3v) is 7.68. The van der Waals surface area contributed by atoms with Gasteiger partial charge in [-0.25, -0.2) is 4.79 Å². The van der Waals surface area contributed by atoms with Crippen molar-refractivity contribution in [2.24, 2.45) is 5.92 Å². The standard InChI is InChI=1S/C21H28N2O4S/c1-5-23(6-2,7-3)12-14-10-8-9-11-15(14)18-17(21(26)27)22-19(25)16(13(4)24)20(22)28-18/h8-11,13,16,20,24H,5-7,12H2,1-4H3/p+1/t13-,16+,20-/m1/s1. The molecule has 6 nitrogen and oxygen atoms in total. The van der Waals surface area contributed by atoms with Gasteiger partial charge in [0.15, 0.2) is 0 Å². The van der Waals surface area contributed by atoms with Crippen molar-refractivity contribution in [3.8, 4) is 0 Å². The lowest BCUT2D eigenvalue weighted by atomic mass is 9.92. The van der Waals surface area contributed by atoms with Crippen LogP contribution in [0.3, 0.4) is 0 Å². The largest absolute Gasteiger partial charge is 0.477 e. The highest BCUT2D eigenvalue weighted by Gasteiger charge is 2.57. The molecule has 0 radical (unpaired) electrons. The summed E-state index contributed by atoms with van der Waals surface area (Å²) < 4.78 is 0.916. The van der Waals surface area contributed by atoms with Gasteiger partial charge in [0.25, 0.3) is 0 Å². The molecule has 1 saturated heterocycles. The van der Waals surface area contributed by atoms with Gasteiger partial charge >= 0.3 is 5.97 Å². The molecule has 1 aromatic carbocycles. The second-order valence-corrected chi connectivity index (χ2v) is 8.70. The van der Waals surface area contributed by atoms with Gasteiger partial charge in [-0.2, -0.15) is 0 Å². The van der Waals surface area contributed by atoms with Crippen molar-refractivity contribution in [3.63, 3.8) is 0 Å². The Morgan fingerprint density at radius 2 is 1.82 bits per heavy atom. The molecule has 1 amide bonds. The Balaban J connectivity index is 2.05. The number of quaternary nitrogens is 1. The number of hydrogen-bond acceptors (Lipinski definition) is 4. The second kappa shape index (κ2) is 7.89. The molecule has 152 valence electrons. The topological polar surface area (TPSA) is 77.8 Å². The van der Waals surface area contributed by atoms with E-state index < -0.39 is 18.0 Å². The quantitative estimate of drug-likeness (QED) is 0.514. The highest BCUT2D eigenvalue weighted by Crippen LogP contribution is 2.54. The molecule has 0 bridgehead atoms. The Kier molecular flexibility index (Phi) is 5.89. The number of carboxylic acids is 1. The molecular formula is C21H29N2O4S+. The fourth-order valence-electron chi connectivity index (χ4n) is 4.22. The molecule has 0 aliphatic carbocycles. The van der Waals surface area contributed by atoms with Crippen LogP contribution in [0.2, 0.25) is 0 Å². The summed E-state index contributed by atoms with van der Waals surface area (Å²) in [5, 5.41) is 19.4. The summed E-state index contributed by atoms with van der Waals surface area (Å²) in [4.78, 5) is 26.5. The molecule has 1 aromatic rings. The molecule has 0 spiro atoms. The van der Waals surface area contributed by atoms with Crippen LogP contribution in [-0.4, -0.2) is 62.6 Å². The summed E-state index contributed by atoms with van der Waals surface area (Å²) in [6.45, 7) is 11.9. The van der Waals surface area contributed by atoms with Gasteiger partial charge in [-0.15, -0.1) is 0 Å². The van der Waals surface area contributed by atoms with E-state index in [4.69, 9.17) is 0 Å². The van der Waals surface area contributed by atoms with E-state index in [9.17, 15) is 19.8 Å². The van der Waals surface area contributed by atoms with Crippen molar-refractivity contribution in [2.75, 3.05) is 19.6 Å². The number of amides is 1. The van der Waals surface area contributed by atoms with Crippen molar-refractivity contribution in [2.45, 2.75) is 45.7 Å². The molecule has 2 heterocycles. The van der Waals surface area contributed by atoms with E-state index in [0.717, 1.165) is 41.8 Å². The smallest absolute Gasteiger partial charge is 0.353 e. The summed E-state index contributed by atoms with van der Waals surface area (Å²) >= 11 is 1.39. The molecule has 3 rings (SSSR count). The van der Waals surface area contributed by atoms with Gasteiger partial charge < -0.3 is 14.7 Å². The number of hydrogen-bond donors (Lipinski definition) is 2. The van der Waals surface area contributed by atoms with Crippen LogP contribution < -0.4 is 0 Å². The fraction of sp³-hybridized carbons (Fsp3) is 0.524. The zero-order chi connectivity index (χ0) is 20.6. The van der Waals surface area contributed by atoms with Crippen molar-refractivity contribution in [3.05, 3.63) is 41.1 Å². The van der Waals surface area contributed by atoms with E-state index >= 15 is 0 Å². The average Bonchev–Trinajstić information content (AvgIpc) is 3.01. The molecule has 2 aliphatic rings. The average molecular weight is 406 g/mol. The highest BCUT2D eigenvalue weighted by atomic mass is 32.2. The van der Waals surface area contributed by atoms with Gasteiger partial charge in [-0.05, 0) is 33.3 Å². The second-order valence-electron chi connectivity index (χ2n) is 7.57. The molecular weight excluding hydrogens is 376 g/mol. The van der Waals surface area contributed by atoms with Crippen LogP contribution in [0.1, 0.15) is 38.8 Å². The molecule has 2 aliphatic heterocycles. The maximum atomic E-state index is 12.5. The number of β-lactam (4-membered cyclic amide) rings is 1. The predicted molar refractivity (Wildman–Crippen MR) is 110 cm³/mol. The van der Waals surface area contributed by atoms with Crippen LogP contribution in [0.5, 0.6) is 0 Å². The molecule has 7 heteroatoms. The van der Waals surface area contributed by atoms with Crippen LogP contribution in [0, 0.1) is 5.92 Å². The highest BCUT2D eigenvalue weighted by molar-refractivity contribution is 8.09. The van der Waals surface area contributed by atoms with E-state index in [-0.39, 0.29) is 17.0 Å². The van der Waals surface area contributed by atoms with E-state index in [1.165, 1.54) is 16.7 Å². The third kappa shape index (κ3) is 3.25. The number of nitrogens with zero attached hydrogens (tertiary/aromatic N) is 2. The maximum absolute atomic E-state index is 12.5. The zero-order valence-corrected chi connectivity index (χ0v) is 17.7. The van der Waals surface area contributed by atoms with Gasteiger partial charge in [0.05, 0.1) is 31.7 Å². The Morgan fingerprint density at radius 3 is 2.36 bits per heavy atom. The lowest BCUT2D eigenvalue weighted by molar-refractivity contribution is -0.936. The number of carbonyl (C=O) groups is 2. The lowest BCUT2D eigenvalue weighted by Gasteiger charge is -2.43. The number of thioether (sulfide) groups is 1. The molecule has 28 heavy (non-hydrogen) atoms. The van der Waals surface area contributed by atoms with Gasteiger partial charge in [-0.1, -0.05) is 36.0 Å². The maximum Gasteiger partial charge on any atom is 0.353 e. The van der Waals surface area contributed by atoms with Crippen LogP contribution >= 0.6 is 11.8 Å². The summed E-state index contributed by atoms with van der Waals surface area (Å²) in [5.74, 6) is -1.96. The first-order valence-electron chi connectivity index (χ1n) is 9.89. The fourth-order valence-corrected chi connectivity index (χ4v) is 5.89. The predicted octanol–water partition coefficient (Wildman–Crippen LogP) is 2.73. The minimum absolute atomic E-state index is 0.0481. The summed E-state index contributed by atoms with van der Waals surface area (Å²) in [5.41, 5.74) is 2.03. The first-order valence-corrected chi connectivity index (χ1v) is 10.8. The molecule has 2 N–H and O–H groups in total. The minimum Gasteiger partial charge on any atom is -0.477 e. The molecule has 3 atom stereocenters. The van der Waals surface area contributed by atoms with Crippen LogP contribution in [-0.2, 0) is 16.1 Å². The van der Waals surface area contributed by atoms with Crippen LogP contribution in [0.4, 0.5) is 0 Å². The van der Waals surface area contributed by atoms with Gasteiger partial charge in [0, 0.05) is 10.5 Å². The van der Waals surface area contributed by atoms with Crippen molar-refractivity contribution in [1.82, 2.24) is 4.90 Å². The van der Waals surface area contributed by atoms with Crippen LogP contribution in [0.25, 0.3) is 4.91 Å². The Hall–Kier alpha value is -1.83. The number of carbonyl (C=O) groups excluding carboxylic acids is 1. The SMILES string of the molecule is CC[N+](CC)(CC)Cc1ccccc1C1=C(C(=O)O)N2C(=O)[C@H]([C@@H](C)O)[C@H]2S1. The van der Waals surface area contributed by atoms with E-state index in [1.54, 1.807) is 6.92 Å². The van der Waals surface area contributed by atoms with Crippen LogP contribution in [0.15, 0.2) is 30.0 Å². The van der Waals surface area contributed by atoms with Gasteiger partial charge in [-0.3, -0.25) is 9.69 Å². The van der Waals surface area contributed by atoms with E-state index in [0.29, 0.717) is 4.91 Å². The normalized spacial score (nSPS) is 22.9. The Labute approximate surface area is 170 Å². The van der Waals surface area contributed by atoms with E-state index in [1.807, 2.05) is 18.2 Å². The molecule has 1 fully saturated rings. The number of rotatable bonds is 8. The Bertz CT molecular complexity index is 808.